The minimum atomic E-state index is -5.08. The number of amides is 1. The van der Waals surface area contributed by atoms with Crippen molar-refractivity contribution in [3.63, 3.8) is 0 Å². The number of alkyl halides is 6. The number of aromatic amines is 1. The molecule has 49 heavy (non-hydrogen) atoms. The summed E-state index contributed by atoms with van der Waals surface area (Å²) >= 11 is 0. The highest BCUT2D eigenvalue weighted by molar-refractivity contribution is 5.90. The van der Waals surface area contributed by atoms with E-state index in [0.29, 0.717) is 18.6 Å². The number of nitrogens with one attached hydrogen (secondary N) is 2. The summed E-state index contributed by atoms with van der Waals surface area (Å²) in [4.78, 5) is 52.5. The molecule has 11 nitrogen and oxygen atoms in total. The molecular weight excluding hydrogens is 666 g/mol. The van der Waals surface area contributed by atoms with E-state index >= 15 is 0 Å². The number of rotatable bonds is 12. The van der Waals surface area contributed by atoms with Gasteiger partial charge in [-0.1, -0.05) is 44.0 Å². The van der Waals surface area contributed by atoms with Crippen LogP contribution in [-0.4, -0.2) is 88.3 Å². The van der Waals surface area contributed by atoms with Gasteiger partial charge in [0.15, 0.2) is 0 Å². The molecule has 3 aromatic rings. The Labute approximate surface area is 277 Å². The van der Waals surface area contributed by atoms with Crippen molar-refractivity contribution in [3.05, 3.63) is 48.4 Å². The summed E-state index contributed by atoms with van der Waals surface area (Å²) in [5.74, 6) is -3.57. The molecule has 270 valence electrons. The number of methoxy groups -OCH3 is 1. The average molecular weight is 705 g/mol. The molecule has 2 aromatic carbocycles. The molecule has 2 heterocycles. The predicted octanol–water partition coefficient (Wildman–Crippen LogP) is 6.15. The molecule has 1 aromatic heterocycles. The van der Waals surface area contributed by atoms with Crippen LogP contribution in [0, 0.1) is 5.92 Å². The number of hydrogen-bond donors (Lipinski definition) is 4. The Kier molecular flexibility index (Phi) is 15.0. The van der Waals surface area contributed by atoms with Crippen molar-refractivity contribution in [1.82, 2.24) is 20.2 Å². The van der Waals surface area contributed by atoms with Gasteiger partial charge < -0.3 is 30.2 Å². The topological polar surface area (TPSA) is 162 Å². The number of fused-ring (bicyclic) bond motifs is 1. The van der Waals surface area contributed by atoms with E-state index in [0.717, 1.165) is 72.4 Å². The number of carboxylic acids is 2. The maximum absolute atomic E-state index is 12.9. The second kappa shape index (κ2) is 18.2. The Morgan fingerprint density at radius 3 is 2.02 bits per heavy atom. The lowest BCUT2D eigenvalue weighted by atomic mass is 9.98. The monoisotopic (exact) mass is 704 g/mol. The van der Waals surface area contributed by atoms with Crippen LogP contribution in [0.2, 0.25) is 0 Å². The highest BCUT2D eigenvalue weighted by Crippen LogP contribution is 2.34. The summed E-state index contributed by atoms with van der Waals surface area (Å²) in [5.41, 5.74) is 1.80. The summed E-state index contributed by atoms with van der Waals surface area (Å²) < 4.78 is 69.1. The van der Waals surface area contributed by atoms with E-state index in [2.05, 4.69) is 38.4 Å². The van der Waals surface area contributed by atoms with Crippen molar-refractivity contribution < 1.29 is 60.5 Å². The van der Waals surface area contributed by atoms with Gasteiger partial charge in [-0.15, -0.1) is 0 Å². The lowest BCUT2D eigenvalue weighted by molar-refractivity contribution is -0.193. The third-order valence-corrected chi connectivity index (χ3v) is 7.36. The normalized spacial score (nSPS) is 14.0. The largest absolute Gasteiger partial charge is 0.496 e. The van der Waals surface area contributed by atoms with E-state index in [1.165, 1.54) is 0 Å². The van der Waals surface area contributed by atoms with Crippen molar-refractivity contribution in [1.29, 1.82) is 0 Å². The first-order valence-corrected chi connectivity index (χ1v) is 15.1. The van der Waals surface area contributed by atoms with E-state index in [1.807, 2.05) is 38.4 Å². The van der Waals surface area contributed by atoms with Crippen molar-refractivity contribution in [3.8, 4) is 17.0 Å². The third-order valence-electron chi connectivity index (χ3n) is 7.36. The van der Waals surface area contributed by atoms with Crippen molar-refractivity contribution in [2.45, 2.75) is 63.8 Å². The minimum Gasteiger partial charge on any atom is -0.496 e. The van der Waals surface area contributed by atoms with E-state index < -0.39 is 24.3 Å². The third kappa shape index (κ3) is 13.0. The number of nitrogens with zero attached hydrogens (tertiary/aromatic N) is 2. The number of H-pyrrole nitrogens is 1. The van der Waals surface area contributed by atoms with Gasteiger partial charge in [0.2, 0.25) is 5.91 Å². The van der Waals surface area contributed by atoms with Gasteiger partial charge >= 0.3 is 24.3 Å². The smallest absolute Gasteiger partial charge is 0.490 e. The number of carbonyl (C=O) groups excluding carboxylic acids is 2. The number of unbranched alkanes of at least 4 members (excludes halogenated alkanes) is 2. The van der Waals surface area contributed by atoms with Gasteiger partial charge in [-0.25, -0.2) is 14.6 Å². The van der Waals surface area contributed by atoms with Crippen LogP contribution in [0.4, 0.5) is 26.3 Å². The number of likely N-dealkylation sites (tertiary alicyclic amines) is 1. The number of ketones is 1. The van der Waals surface area contributed by atoms with E-state index in [4.69, 9.17) is 24.5 Å². The molecule has 1 saturated heterocycles. The molecule has 4 N–H and O–H groups in total. The Balaban J connectivity index is 0.000000500. The van der Waals surface area contributed by atoms with Crippen LogP contribution < -0.4 is 10.1 Å². The summed E-state index contributed by atoms with van der Waals surface area (Å²) in [6, 6.07) is 12.1. The van der Waals surface area contributed by atoms with Gasteiger partial charge in [0, 0.05) is 31.5 Å². The molecule has 4 rings (SSSR count). The number of carbonyl (C=O) groups is 4. The van der Waals surface area contributed by atoms with Crippen LogP contribution in [0.3, 0.4) is 0 Å². The Hall–Kier alpha value is -4.67. The molecule has 17 heteroatoms. The molecule has 0 radical (unpaired) electrons. The molecule has 0 aliphatic carbocycles. The van der Waals surface area contributed by atoms with Gasteiger partial charge in [0.05, 0.1) is 31.0 Å². The first-order chi connectivity index (χ1) is 22.9. The number of halogens is 6. The standard InChI is InChI=1S/C28H36N4O3.2C2HF3O2/c1-4-22(33)12-6-5-7-13-24(31-28(34)21-17-32(2)18-21)27-29-16-25(30-27)23-14-19-10-8-9-11-20(19)15-26(23)35-3;2*3-2(4,5)1(6)7/h8-11,14-16,21,24H,4-7,12-13,17-18H2,1-3H3,(H,29,30)(H,31,34);2*(H,6,7)/t24-;;/m0../s1. The number of aromatic nitrogens is 2. The highest BCUT2D eigenvalue weighted by atomic mass is 19.4. The molecule has 1 aliphatic heterocycles. The summed E-state index contributed by atoms with van der Waals surface area (Å²) in [6.07, 6.45) is -3.58. The van der Waals surface area contributed by atoms with Gasteiger partial charge in [0.25, 0.3) is 0 Å². The van der Waals surface area contributed by atoms with E-state index in [9.17, 15) is 35.9 Å². The molecule has 0 saturated carbocycles. The van der Waals surface area contributed by atoms with Gasteiger partial charge in [-0.05, 0) is 42.8 Å². The first kappa shape index (κ1) is 40.5. The lowest BCUT2D eigenvalue weighted by Crippen LogP contribution is -2.52. The molecule has 1 amide bonds. The average Bonchev–Trinajstić information content (AvgIpc) is 3.51. The fourth-order valence-electron chi connectivity index (χ4n) is 4.71. The minimum absolute atomic E-state index is 0.0275. The van der Waals surface area contributed by atoms with Crippen LogP contribution in [-0.2, 0) is 19.2 Å². The molecule has 1 fully saturated rings. The van der Waals surface area contributed by atoms with Crippen LogP contribution in [0.1, 0.15) is 57.3 Å². The number of ether oxygens (including phenoxy) is 1. The quantitative estimate of drug-likeness (QED) is 0.128. The Morgan fingerprint density at radius 2 is 1.53 bits per heavy atom. The molecule has 0 spiro atoms. The molecule has 0 unspecified atom stereocenters. The van der Waals surface area contributed by atoms with Crippen LogP contribution in [0.15, 0.2) is 42.6 Å². The van der Waals surface area contributed by atoms with Crippen LogP contribution in [0.25, 0.3) is 22.0 Å². The molecule has 1 atom stereocenters. The molecule has 1 aliphatic rings. The number of aliphatic carboxylic acids is 2. The zero-order valence-electron chi connectivity index (χ0n) is 27.0. The van der Waals surface area contributed by atoms with Gasteiger partial charge in [0.1, 0.15) is 17.4 Å². The number of benzene rings is 2. The first-order valence-electron chi connectivity index (χ1n) is 15.1. The van der Waals surface area contributed by atoms with Crippen molar-refractivity contribution in [2.24, 2.45) is 5.92 Å². The summed E-state index contributed by atoms with van der Waals surface area (Å²) in [5, 5.41) is 19.7. The van der Waals surface area contributed by atoms with Crippen LogP contribution in [0.5, 0.6) is 5.75 Å². The van der Waals surface area contributed by atoms with E-state index in [-0.39, 0.29) is 17.9 Å². The van der Waals surface area contributed by atoms with E-state index in [1.54, 1.807) is 7.11 Å². The molecular formula is C32H38F6N4O7. The van der Waals surface area contributed by atoms with Gasteiger partial charge in [-0.2, -0.15) is 26.3 Å². The SMILES string of the molecule is CCC(=O)CCCCC[C@H](NC(=O)C1CN(C)C1)c1ncc(-c2cc3ccccc3cc2OC)[nH]1.O=C(O)C(F)(F)F.O=C(O)C(F)(F)F. The summed E-state index contributed by atoms with van der Waals surface area (Å²) in [7, 11) is 3.70. The number of imidazole rings is 1. The van der Waals surface area contributed by atoms with Crippen molar-refractivity contribution in [2.75, 3.05) is 27.2 Å². The molecule has 0 bridgehead atoms. The van der Waals surface area contributed by atoms with Gasteiger partial charge in [-0.3, -0.25) is 9.59 Å². The fourth-order valence-corrected chi connectivity index (χ4v) is 4.71. The lowest BCUT2D eigenvalue weighted by Gasteiger charge is -2.35. The maximum atomic E-state index is 12.9. The number of Topliss-reactive ketones (excluding diaryl/α,β-unsaturated/α-hetero) is 1. The number of hydrogen-bond acceptors (Lipinski definition) is 7. The Bertz CT molecular complexity index is 1550. The Morgan fingerprint density at radius 1 is 0.980 bits per heavy atom. The second-order valence-electron chi connectivity index (χ2n) is 11.2. The zero-order chi connectivity index (χ0) is 36.9. The van der Waals surface area contributed by atoms with Crippen LogP contribution >= 0.6 is 0 Å². The summed E-state index contributed by atoms with van der Waals surface area (Å²) in [6.45, 7) is 3.48. The number of carboxylic acid groups (broad SMARTS) is 2. The highest BCUT2D eigenvalue weighted by Gasteiger charge is 2.39. The maximum Gasteiger partial charge on any atom is 0.490 e. The second-order valence-corrected chi connectivity index (χ2v) is 11.2. The zero-order valence-corrected chi connectivity index (χ0v) is 27.0. The fraction of sp³-hybridized carbons (Fsp3) is 0.469. The predicted molar refractivity (Wildman–Crippen MR) is 166 cm³/mol. The van der Waals surface area contributed by atoms with Crippen molar-refractivity contribution >= 4 is 34.4 Å².